The number of amides is 2. The van der Waals surface area contributed by atoms with Gasteiger partial charge in [0.05, 0.1) is 0 Å². The molecule has 0 bridgehead atoms. The van der Waals surface area contributed by atoms with Crippen molar-refractivity contribution in [3.8, 4) is 0 Å². The second-order valence-corrected chi connectivity index (χ2v) is 7.13. The molecular formula is C17H13Br2FN4O2. The highest BCUT2D eigenvalue weighted by Gasteiger charge is 2.11. The zero-order valence-electron chi connectivity index (χ0n) is 13.3. The summed E-state index contributed by atoms with van der Waals surface area (Å²) in [6.45, 7) is 0.322. The predicted molar refractivity (Wildman–Crippen MR) is 101 cm³/mol. The van der Waals surface area contributed by atoms with Crippen LogP contribution in [0.5, 0.6) is 0 Å². The average molecular weight is 484 g/mol. The van der Waals surface area contributed by atoms with Gasteiger partial charge in [0.2, 0.25) is 0 Å². The number of nitrogens with one attached hydrogen (secondary N) is 2. The summed E-state index contributed by atoms with van der Waals surface area (Å²) in [6, 6.07) is 11.2. The Balaban J connectivity index is 1.54. The van der Waals surface area contributed by atoms with Gasteiger partial charge >= 0.3 is 12.0 Å². The van der Waals surface area contributed by atoms with Crippen molar-refractivity contribution in [1.29, 1.82) is 0 Å². The lowest BCUT2D eigenvalue weighted by atomic mass is 10.1. The van der Waals surface area contributed by atoms with E-state index in [-0.39, 0.29) is 11.8 Å². The van der Waals surface area contributed by atoms with Crippen LogP contribution in [0, 0.1) is 5.82 Å². The number of hydrogen-bond acceptors (Lipinski definition) is 4. The summed E-state index contributed by atoms with van der Waals surface area (Å²) < 4.78 is 19.7. The summed E-state index contributed by atoms with van der Waals surface area (Å²) in [6.07, 6.45) is 0.373. The monoisotopic (exact) mass is 482 g/mol. The molecule has 3 rings (SSSR count). The largest absolute Gasteiger partial charge is 0.334 e. The number of benzene rings is 2. The van der Waals surface area contributed by atoms with E-state index in [2.05, 4.69) is 52.6 Å². The van der Waals surface area contributed by atoms with Crippen LogP contribution in [0.1, 0.15) is 17.0 Å². The number of nitrogens with zero attached hydrogens (tertiary/aromatic N) is 2. The molecule has 6 nitrogen and oxygen atoms in total. The third kappa shape index (κ3) is 5.12. The molecule has 0 spiro atoms. The molecule has 1 heterocycles. The number of halogens is 3. The highest BCUT2D eigenvalue weighted by molar-refractivity contribution is 9.11. The van der Waals surface area contributed by atoms with Gasteiger partial charge in [-0.05, 0) is 41.5 Å². The summed E-state index contributed by atoms with van der Waals surface area (Å²) in [4.78, 5) is 16.1. The van der Waals surface area contributed by atoms with Crippen LogP contribution in [0.4, 0.5) is 15.2 Å². The van der Waals surface area contributed by atoms with Crippen molar-refractivity contribution in [2.75, 3.05) is 5.32 Å². The Morgan fingerprint density at radius 2 is 1.92 bits per heavy atom. The maximum absolute atomic E-state index is 12.9. The normalized spacial score (nSPS) is 10.6. The minimum atomic E-state index is -0.464. The lowest BCUT2D eigenvalue weighted by Crippen LogP contribution is -2.28. The maximum atomic E-state index is 12.9. The molecule has 2 amide bonds. The van der Waals surface area contributed by atoms with Gasteiger partial charge in [-0.1, -0.05) is 49.1 Å². The van der Waals surface area contributed by atoms with E-state index in [0.29, 0.717) is 18.8 Å². The first-order chi connectivity index (χ1) is 12.5. The average Bonchev–Trinajstić information content (AvgIpc) is 3.04. The SMILES string of the molecule is O=C(NCc1cc(Br)ccc1Br)Nc1nc(Cc2ccc(F)cc2)no1. The van der Waals surface area contributed by atoms with Crippen LogP contribution in [0.2, 0.25) is 0 Å². The van der Waals surface area contributed by atoms with E-state index in [1.165, 1.54) is 12.1 Å². The molecule has 1 aromatic heterocycles. The fraction of sp³-hybridized carbons (Fsp3) is 0.118. The van der Waals surface area contributed by atoms with Gasteiger partial charge in [-0.15, -0.1) is 0 Å². The number of carbonyl (C=O) groups is 1. The first kappa shape index (κ1) is 18.5. The van der Waals surface area contributed by atoms with E-state index in [4.69, 9.17) is 4.52 Å². The van der Waals surface area contributed by atoms with Gasteiger partial charge in [0.15, 0.2) is 5.82 Å². The second kappa shape index (κ2) is 8.41. The number of urea groups is 1. The Morgan fingerprint density at radius 1 is 1.15 bits per heavy atom. The minimum Gasteiger partial charge on any atom is -0.334 e. The third-order valence-electron chi connectivity index (χ3n) is 3.41. The predicted octanol–water partition coefficient (Wildman–Crippen LogP) is 4.65. The Kier molecular flexibility index (Phi) is 6.00. The van der Waals surface area contributed by atoms with Crippen molar-refractivity contribution in [3.63, 3.8) is 0 Å². The van der Waals surface area contributed by atoms with Crippen LogP contribution in [-0.4, -0.2) is 16.2 Å². The summed E-state index contributed by atoms with van der Waals surface area (Å²) in [5.74, 6) is 0.0830. The van der Waals surface area contributed by atoms with Crippen molar-refractivity contribution in [2.45, 2.75) is 13.0 Å². The van der Waals surface area contributed by atoms with Crippen molar-refractivity contribution in [1.82, 2.24) is 15.5 Å². The molecular weight excluding hydrogens is 471 g/mol. The first-order valence-electron chi connectivity index (χ1n) is 7.55. The van der Waals surface area contributed by atoms with Gasteiger partial charge in [0, 0.05) is 21.9 Å². The van der Waals surface area contributed by atoms with Crippen LogP contribution >= 0.6 is 31.9 Å². The van der Waals surface area contributed by atoms with Gasteiger partial charge in [-0.3, -0.25) is 5.32 Å². The van der Waals surface area contributed by atoms with Crippen LogP contribution in [0.15, 0.2) is 55.9 Å². The summed E-state index contributed by atoms with van der Waals surface area (Å²) >= 11 is 6.82. The van der Waals surface area contributed by atoms with E-state index in [9.17, 15) is 9.18 Å². The molecule has 0 unspecified atom stereocenters. The standard InChI is InChI=1S/C17H13Br2FN4O2/c18-12-3-6-14(19)11(8-12)9-21-16(25)23-17-22-15(24-26-17)7-10-1-4-13(20)5-2-10/h1-6,8H,7,9H2,(H2,21,22,23,24,25). The fourth-order valence-corrected chi connectivity index (χ4v) is 2.95. The van der Waals surface area contributed by atoms with Gasteiger partial charge in [0.25, 0.3) is 0 Å². The molecule has 0 saturated heterocycles. The number of aromatic nitrogens is 2. The maximum Gasteiger partial charge on any atom is 0.329 e. The number of hydrogen-bond donors (Lipinski definition) is 2. The zero-order chi connectivity index (χ0) is 18.5. The number of carbonyl (C=O) groups excluding carboxylic acids is 1. The topological polar surface area (TPSA) is 80.0 Å². The summed E-state index contributed by atoms with van der Waals surface area (Å²) in [5, 5.41) is 8.99. The summed E-state index contributed by atoms with van der Waals surface area (Å²) in [5.41, 5.74) is 1.75. The minimum absolute atomic E-state index is 0.00656. The third-order valence-corrected chi connectivity index (χ3v) is 4.68. The number of anilines is 1. The molecule has 2 N–H and O–H groups in total. The molecule has 0 atom stereocenters. The second-order valence-electron chi connectivity index (χ2n) is 5.36. The molecule has 2 aromatic carbocycles. The Morgan fingerprint density at radius 3 is 2.69 bits per heavy atom. The van der Waals surface area contributed by atoms with E-state index in [1.807, 2.05) is 18.2 Å². The molecule has 134 valence electrons. The summed E-state index contributed by atoms with van der Waals surface area (Å²) in [7, 11) is 0. The fourth-order valence-electron chi connectivity index (χ4n) is 2.16. The van der Waals surface area contributed by atoms with Crippen molar-refractivity contribution in [2.24, 2.45) is 0 Å². The molecule has 0 aliphatic heterocycles. The van der Waals surface area contributed by atoms with Crippen LogP contribution in [0.3, 0.4) is 0 Å². The van der Waals surface area contributed by atoms with Crippen molar-refractivity contribution < 1.29 is 13.7 Å². The van der Waals surface area contributed by atoms with E-state index < -0.39 is 6.03 Å². The molecule has 0 fully saturated rings. The van der Waals surface area contributed by atoms with Crippen LogP contribution in [0.25, 0.3) is 0 Å². The Hall–Kier alpha value is -2.26. The van der Waals surface area contributed by atoms with Gasteiger partial charge in [-0.2, -0.15) is 4.98 Å². The first-order valence-corrected chi connectivity index (χ1v) is 9.14. The van der Waals surface area contributed by atoms with E-state index in [1.54, 1.807) is 12.1 Å². The molecule has 0 aliphatic carbocycles. The lowest BCUT2D eigenvalue weighted by Gasteiger charge is -2.07. The van der Waals surface area contributed by atoms with Crippen molar-refractivity contribution in [3.05, 3.63) is 74.2 Å². The molecule has 0 radical (unpaired) electrons. The zero-order valence-corrected chi connectivity index (χ0v) is 16.5. The van der Waals surface area contributed by atoms with Crippen molar-refractivity contribution >= 4 is 43.9 Å². The van der Waals surface area contributed by atoms with E-state index in [0.717, 1.165) is 20.1 Å². The highest BCUT2D eigenvalue weighted by Crippen LogP contribution is 2.21. The molecule has 9 heteroatoms. The smallest absolute Gasteiger partial charge is 0.329 e. The molecule has 3 aromatic rings. The van der Waals surface area contributed by atoms with Gasteiger partial charge in [0.1, 0.15) is 5.82 Å². The highest BCUT2D eigenvalue weighted by atomic mass is 79.9. The van der Waals surface area contributed by atoms with Crippen LogP contribution < -0.4 is 10.6 Å². The molecule has 0 saturated carbocycles. The Bertz CT molecular complexity index is 915. The van der Waals surface area contributed by atoms with Gasteiger partial charge < -0.3 is 9.84 Å². The molecule has 0 aliphatic rings. The number of rotatable bonds is 5. The van der Waals surface area contributed by atoms with E-state index >= 15 is 0 Å². The quantitative estimate of drug-likeness (QED) is 0.553. The lowest BCUT2D eigenvalue weighted by molar-refractivity contribution is 0.250. The Labute approximate surface area is 165 Å². The molecule has 26 heavy (non-hydrogen) atoms. The van der Waals surface area contributed by atoms with Gasteiger partial charge in [-0.25, -0.2) is 9.18 Å². The van der Waals surface area contributed by atoms with Crippen LogP contribution in [-0.2, 0) is 13.0 Å².